The molecule has 1 atom stereocenters. The van der Waals surface area contributed by atoms with Gasteiger partial charge in [0.1, 0.15) is 24.2 Å². The first-order chi connectivity index (χ1) is 17.9. The van der Waals surface area contributed by atoms with Crippen molar-refractivity contribution >= 4 is 5.57 Å². The summed E-state index contributed by atoms with van der Waals surface area (Å²) in [5.74, 6) is 1.73. The van der Waals surface area contributed by atoms with Crippen molar-refractivity contribution < 1.29 is 4.74 Å². The third kappa shape index (κ3) is 6.18. The van der Waals surface area contributed by atoms with E-state index in [9.17, 15) is 0 Å². The lowest BCUT2D eigenvalue weighted by Crippen LogP contribution is -2.31. The van der Waals surface area contributed by atoms with Gasteiger partial charge in [0.05, 0.1) is 12.0 Å². The van der Waals surface area contributed by atoms with Gasteiger partial charge in [0.2, 0.25) is 0 Å². The van der Waals surface area contributed by atoms with Gasteiger partial charge >= 0.3 is 0 Å². The van der Waals surface area contributed by atoms with E-state index < -0.39 is 5.41 Å². The molecule has 4 rings (SSSR count). The molecule has 4 nitrogen and oxygen atoms in total. The zero-order valence-electron chi connectivity index (χ0n) is 23.2. The number of aryl methyl sites for hydroxylation is 4. The minimum absolute atomic E-state index is 0.500. The van der Waals surface area contributed by atoms with Crippen molar-refractivity contribution in [1.82, 2.24) is 15.0 Å². The van der Waals surface area contributed by atoms with E-state index in [0.29, 0.717) is 0 Å². The van der Waals surface area contributed by atoms with E-state index in [1.807, 2.05) is 0 Å². The zero-order valence-corrected chi connectivity index (χ0v) is 23.2. The molecular weight excluding hydrogens is 454 g/mol. The van der Waals surface area contributed by atoms with Crippen molar-refractivity contribution in [3.63, 3.8) is 0 Å². The molecule has 0 saturated heterocycles. The SMILES string of the molecule is CCCCCCCCOC1=CCC(c2ncncn2)(c2ccc(C)cc2C)C=C1c1ccc(C)cc1C. The number of hydrogen-bond donors (Lipinski definition) is 0. The van der Waals surface area contributed by atoms with Gasteiger partial charge in [0, 0.05) is 5.57 Å². The molecule has 0 spiro atoms. The van der Waals surface area contributed by atoms with Crippen LogP contribution in [0.4, 0.5) is 0 Å². The predicted octanol–water partition coefficient (Wildman–Crippen LogP) is 8.14. The molecule has 1 aromatic heterocycles. The molecular formula is C33H41N3O. The minimum Gasteiger partial charge on any atom is -0.493 e. The Balaban J connectivity index is 1.75. The van der Waals surface area contributed by atoms with Crippen molar-refractivity contribution in [2.24, 2.45) is 0 Å². The summed E-state index contributed by atoms with van der Waals surface area (Å²) < 4.78 is 6.50. The number of aromatic nitrogens is 3. The van der Waals surface area contributed by atoms with Gasteiger partial charge in [-0.2, -0.15) is 0 Å². The second kappa shape index (κ2) is 12.3. The van der Waals surface area contributed by atoms with Gasteiger partial charge in [-0.1, -0.05) is 92.6 Å². The topological polar surface area (TPSA) is 47.9 Å². The van der Waals surface area contributed by atoms with Crippen LogP contribution in [0, 0.1) is 27.7 Å². The van der Waals surface area contributed by atoms with Gasteiger partial charge in [0.15, 0.2) is 0 Å². The Kier molecular flexibility index (Phi) is 8.91. The molecule has 1 unspecified atom stereocenters. The van der Waals surface area contributed by atoms with Crippen molar-refractivity contribution in [3.8, 4) is 0 Å². The molecule has 194 valence electrons. The van der Waals surface area contributed by atoms with E-state index >= 15 is 0 Å². The molecule has 3 aromatic rings. The third-order valence-electron chi connectivity index (χ3n) is 7.45. The van der Waals surface area contributed by atoms with Crippen LogP contribution in [0.1, 0.15) is 91.1 Å². The van der Waals surface area contributed by atoms with Gasteiger partial charge < -0.3 is 4.74 Å². The first kappa shape index (κ1) is 26.8. The fraction of sp³-hybridized carbons (Fsp3) is 0.424. The highest BCUT2D eigenvalue weighted by Crippen LogP contribution is 2.45. The molecule has 4 heteroatoms. The van der Waals surface area contributed by atoms with Crippen LogP contribution in [-0.2, 0) is 10.2 Å². The Morgan fingerprint density at radius 3 is 2.19 bits per heavy atom. The number of nitrogens with zero attached hydrogens (tertiary/aromatic N) is 3. The molecule has 0 bridgehead atoms. The number of benzene rings is 2. The fourth-order valence-electron chi connectivity index (χ4n) is 5.52. The number of ether oxygens (including phenoxy) is 1. The van der Waals surface area contributed by atoms with Crippen molar-refractivity contribution in [2.45, 2.75) is 85.0 Å². The van der Waals surface area contributed by atoms with E-state index in [4.69, 9.17) is 4.74 Å². The first-order valence-electron chi connectivity index (χ1n) is 13.8. The van der Waals surface area contributed by atoms with Gasteiger partial charge in [-0.15, -0.1) is 0 Å². The molecule has 1 aliphatic carbocycles. The zero-order chi connectivity index (χ0) is 26.3. The lowest BCUT2D eigenvalue weighted by Gasteiger charge is -2.35. The summed E-state index contributed by atoms with van der Waals surface area (Å²) in [6.07, 6.45) is 16.1. The molecule has 1 aliphatic rings. The van der Waals surface area contributed by atoms with Gasteiger partial charge in [0.25, 0.3) is 0 Å². The van der Waals surface area contributed by atoms with Crippen LogP contribution >= 0.6 is 0 Å². The van der Waals surface area contributed by atoms with E-state index in [2.05, 4.69) is 98.1 Å². The maximum Gasteiger partial charge on any atom is 0.146 e. The van der Waals surface area contributed by atoms with Crippen LogP contribution in [0.2, 0.25) is 0 Å². The average molecular weight is 496 g/mol. The van der Waals surface area contributed by atoms with Crippen LogP contribution in [0.3, 0.4) is 0 Å². The summed E-state index contributed by atoms with van der Waals surface area (Å²) in [7, 11) is 0. The highest BCUT2D eigenvalue weighted by molar-refractivity contribution is 5.82. The van der Waals surface area contributed by atoms with E-state index in [-0.39, 0.29) is 0 Å². The summed E-state index contributed by atoms with van der Waals surface area (Å²) >= 11 is 0. The Bertz CT molecular complexity index is 1260. The van der Waals surface area contributed by atoms with Crippen molar-refractivity contribution in [3.05, 3.63) is 106 Å². The van der Waals surface area contributed by atoms with Crippen LogP contribution in [-0.4, -0.2) is 21.6 Å². The van der Waals surface area contributed by atoms with E-state index in [1.165, 1.54) is 65.5 Å². The second-order valence-corrected chi connectivity index (χ2v) is 10.5. The highest BCUT2D eigenvalue weighted by Gasteiger charge is 2.39. The maximum absolute atomic E-state index is 6.50. The third-order valence-corrected chi connectivity index (χ3v) is 7.45. The fourth-order valence-corrected chi connectivity index (χ4v) is 5.52. The van der Waals surface area contributed by atoms with Crippen LogP contribution in [0.25, 0.3) is 5.57 Å². The summed E-state index contributed by atoms with van der Waals surface area (Å²) in [6, 6.07) is 13.3. The van der Waals surface area contributed by atoms with E-state index in [1.54, 1.807) is 12.7 Å². The number of hydrogen-bond acceptors (Lipinski definition) is 4. The standard InChI is InChI=1S/C33H41N3O/c1-6-7-8-9-10-11-18-37-31-16-17-33(32-35-22-34-23-36-32,30-15-13-25(3)20-27(30)5)21-29(31)28-14-12-24(2)19-26(28)4/h12-16,19-23H,6-11,17-18H2,1-5H3. The molecule has 2 aromatic carbocycles. The average Bonchev–Trinajstić information content (AvgIpc) is 2.89. The summed E-state index contributed by atoms with van der Waals surface area (Å²) in [5.41, 5.74) is 8.03. The Labute approximate surface area is 223 Å². The van der Waals surface area contributed by atoms with Gasteiger partial charge in [-0.05, 0) is 68.9 Å². The molecule has 0 fully saturated rings. The number of rotatable bonds is 11. The van der Waals surface area contributed by atoms with Gasteiger partial charge in [-0.3, -0.25) is 0 Å². The van der Waals surface area contributed by atoms with Crippen LogP contribution in [0.15, 0.2) is 67.0 Å². The first-order valence-corrected chi connectivity index (χ1v) is 13.8. The normalized spacial score (nSPS) is 17.3. The maximum atomic E-state index is 6.50. The second-order valence-electron chi connectivity index (χ2n) is 10.5. The molecule has 37 heavy (non-hydrogen) atoms. The predicted molar refractivity (Wildman–Crippen MR) is 152 cm³/mol. The Morgan fingerprint density at radius 1 is 0.811 bits per heavy atom. The Hall–Kier alpha value is -3.27. The monoisotopic (exact) mass is 495 g/mol. The molecule has 0 radical (unpaired) electrons. The molecule has 0 aliphatic heterocycles. The summed E-state index contributed by atoms with van der Waals surface area (Å²) in [5, 5.41) is 0. The minimum atomic E-state index is -0.500. The van der Waals surface area contributed by atoms with E-state index in [0.717, 1.165) is 36.6 Å². The lowest BCUT2D eigenvalue weighted by molar-refractivity contribution is 0.216. The quantitative estimate of drug-likeness (QED) is 0.252. The lowest BCUT2D eigenvalue weighted by atomic mass is 9.70. The summed E-state index contributed by atoms with van der Waals surface area (Å²) in [6.45, 7) is 11.6. The summed E-state index contributed by atoms with van der Waals surface area (Å²) in [4.78, 5) is 13.5. The van der Waals surface area contributed by atoms with Gasteiger partial charge in [-0.25, -0.2) is 15.0 Å². The molecule has 0 amide bonds. The molecule has 0 saturated carbocycles. The van der Waals surface area contributed by atoms with Crippen molar-refractivity contribution in [2.75, 3.05) is 6.61 Å². The molecule has 1 heterocycles. The smallest absolute Gasteiger partial charge is 0.146 e. The molecule has 0 N–H and O–H groups in total. The Morgan fingerprint density at radius 2 is 1.49 bits per heavy atom. The largest absolute Gasteiger partial charge is 0.493 e. The number of unbranched alkanes of at least 4 members (excludes halogenated alkanes) is 5. The highest BCUT2D eigenvalue weighted by atomic mass is 16.5. The van der Waals surface area contributed by atoms with Crippen LogP contribution < -0.4 is 0 Å². The number of allylic oxidation sites excluding steroid dienone is 3. The van der Waals surface area contributed by atoms with Crippen molar-refractivity contribution in [1.29, 1.82) is 0 Å². The van der Waals surface area contributed by atoms with Crippen LogP contribution in [0.5, 0.6) is 0 Å².